The molecule has 2 aromatic rings. The van der Waals surface area contributed by atoms with Crippen LogP contribution in [0.15, 0.2) is 24.3 Å². The maximum Gasteiger partial charge on any atom is 0.232 e. The van der Waals surface area contributed by atoms with Crippen LogP contribution in [0, 0.1) is 11.8 Å². The number of ether oxygens (including phenoxy) is 2. The molecule has 0 radical (unpaired) electrons. The van der Waals surface area contributed by atoms with Crippen molar-refractivity contribution < 1.29 is 9.47 Å². The summed E-state index contributed by atoms with van der Waals surface area (Å²) in [4.78, 5) is 11.2. The highest BCUT2D eigenvalue weighted by Gasteiger charge is 2.23. The Morgan fingerprint density at radius 3 is 2.63 bits per heavy atom. The topological polar surface area (TPSA) is 71.5 Å². The van der Waals surface area contributed by atoms with Crippen molar-refractivity contribution in [3.05, 3.63) is 35.0 Å². The number of piperidine rings is 1. The van der Waals surface area contributed by atoms with Gasteiger partial charge in [-0.05, 0) is 48.2 Å². The van der Waals surface area contributed by atoms with Gasteiger partial charge in [-0.15, -0.1) is 0 Å². The molecule has 0 spiro atoms. The zero-order valence-electron chi connectivity index (χ0n) is 17.2. The van der Waals surface area contributed by atoms with Gasteiger partial charge in [-0.2, -0.15) is 4.98 Å². The van der Waals surface area contributed by atoms with Crippen LogP contribution < -0.4 is 25.0 Å². The van der Waals surface area contributed by atoms with Gasteiger partial charge < -0.3 is 25.0 Å². The summed E-state index contributed by atoms with van der Waals surface area (Å²) in [6, 6.07) is 7.66. The summed E-state index contributed by atoms with van der Waals surface area (Å²) in [7, 11) is 0. The maximum absolute atomic E-state index is 6.26. The first-order valence-electron chi connectivity index (χ1n) is 10.2. The summed E-state index contributed by atoms with van der Waals surface area (Å²) in [5.41, 5.74) is 1.03. The van der Waals surface area contributed by atoms with Gasteiger partial charge in [0.15, 0.2) is 16.6 Å². The predicted molar refractivity (Wildman–Crippen MR) is 123 cm³/mol. The minimum Gasteiger partial charge on any atom is -0.486 e. The minimum atomic E-state index is 0.392. The third-order valence-electron chi connectivity index (χ3n) is 5.16. The first-order valence-corrected chi connectivity index (χ1v) is 11.0. The van der Waals surface area contributed by atoms with Gasteiger partial charge in [0, 0.05) is 25.7 Å². The van der Waals surface area contributed by atoms with Crippen LogP contribution in [0.1, 0.15) is 25.8 Å². The number of aromatic nitrogens is 2. The van der Waals surface area contributed by atoms with Gasteiger partial charge >= 0.3 is 0 Å². The number of hydrogen-bond acceptors (Lipinski definition) is 6. The number of anilines is 2. The lowest BCUT2D eigenvalue weighted by atomic mass is 9.92. The largest absolute Gasteiger partial charge is 0.486 e. The molecule has 0 amide bonds. The van der Waals surface area contributed by atoms with Crippen molar-refractivity contribution in [3.8, 4) is 11.5 Å². The van der Waals surface area contributed by atoms with Crippen LogP contribution in [0.3, 0.4) is 0 Å². The smallest absolute Gasteiger partial charge is 0.232 e. The van der Waals surface area contributed by atoms with E-state index in [1.165, 1.54) is 6.42 Å². The number of nitrogens with zero attached hydrogens (tertiary/aromatic N) is 3. The number of benzene rings is 1. The fourth-order valence-electron chi connectivity index (χ4n) is 4.00. The molecule has 0 bridgehead atoms. The number of rotatable bonds is 4. The van der Waals surface area contributed by atoms with Gasteiger partial charge in [-0.1, -0.05) is 31.5 Å². The molecule has 1 fully saturated rings. The molecule has 1 aromatic carbocycles. The lowest BCUT2D eigenvalue weighted by molar-refractivity contribution is 0.171. The van der Waals surface area contributed by atoms with Crippen molar-refractivity contribution >= 4 is 40.7 Å². The summed E-state index contributed by atoms with van der Waals surface area (Å²) >= 11 is 11.7. The fourth-order valence-corrected chi connectivity index (χ4v) is 4.34. The monoisotopic (exact) mass is 447 g/mol. The van der Waals surface area contributed by atoms with Crippen molar-refractivity contribution in [2.45, 2.75) is 26.8 Å². The second-order valence-electron chi connectivity index (χ2n) is 8.01. The molecular formula is C21H26ClN5O2S. The van der Waals surface area contributed by atoms with Crippen molar-refractivity contribution in [3.63, 3.8) is 0 Å². The van der Waals surface area contributed by atoms with E-state index in [0.29, 0.717) is 47.8 Å². The number of fused-ring (bicyclic) bond motifs is 1. The Kier molecular flexibility index (Phi) is 6.43. The van der Waals surface area contributed by atoms with Gasteiger partial charge in [0.1, 0.15) is 24.2 Å². The summed E-state index contributed by atoms with van der Waals surface area (Å²) in [5.74, 6) is 3.98. The molecule has 160 valence electrons. The van der Waals surface area contributed by atoms with E-state index in [1.807, 2.05) is 24.3 Å². The van der Waals surface area contributed by atoms with Gasteiger partial charge in [0.25, 0.3) is 0 Å². The molecule has 9 heteroatoms. The zero-order valence-corrected chi connectivity index (χ0v) is 18.7. The first kappa shape index (κ1) is 20.9. The SMILES string of the molecule is C[C@@H]1C[C@@H](C)CN(c2cc(Cl)nc(NC(=S)NCc3ccc4c(c3)OCCO4)n2)C1. The van der Waals surface area contributed by atoms with E-state index >= 15 is 0 Å². The molecule has 2 aliphatic heterocycles. The van der Waals surface area contributed by atoms with E-state index in [4.69, 9.17) is 33.3 Å². The molecule has 7 nitrogen and oxygen atoms in total. The summed E-state index contributed by atoms with van der Waals surface area (Å²) in [6.07, 6.45) is 1.23. The highest BCUT2D eigenvalue weighted by molar-refractivity contribution is 7.80. The summed E-state index contributed by atoms with van der Waals surface area (Å²) in [6.45, 7) is 8.14. The molecule has 30 heavy (non-hydrogen) atoms. The van der Waals surface area contributed by atoms with Crippen LogP contribution in [0.25, 0.3) is 0 Å². The Labute approximate surface area is 187 Å². The first-order chi connectivity index (χ1) is 14.5. The van der Waals surface area contributed by atoms with Crippen molar-refractivity contribution in [1.29, 1.82) is 0 Å². The number of halogens is 1. The number of thiocarbonyl (C=S) groups is 1. The maximum atomic E-state index is 6.26. The van der Waals surface area contributed by atoms with E-state index in [-0.39, 0.29) is 0 Å². The lowest BCUT2D eigenvalue weighted by Crippen LogP contribution is -2.39. The molecule has 2 atom stereocenters. The van der Waals surface area contributed by atoms with Crippen LogP contribution in [0.4, 0.5) is 11.8 Å². The van der Waals surface area contributed by atoms with Crippen molar-refractivity contribution in [2.75, 3.05) is 36.5 Å². The second-order valence-corrected chi connectivity index (χ2v) is 8.80. The molecule has 2 N–H and O–H groups in total. The second kappa shape index (κ2) is 9.22. The molecule has 2 aliphatic rings. The van der Waals surface area contributed by atoms with E-state index in [0.717, 1.165) is 36.0 Å². The molecule has 0 unspecified atom stereocenters. The van der Waals surface area contributed by atoms with E-state index in [9.17, 15) is 0 Å². The Morgan fingerprint density at radius 2 is 1.87 bits per heavy atom. The van der Waals surface area contributed by atoms with Crippen molar-refractivity contribution in [1.82, 2.24) is 15.3 Å². The Morgan fingerprint density at radius 1 is 1.13 bits per heavy atom. The standard InChI is InChI=1S/C21H26ClN5O2S/c1-13-7-14(2)12-27(11-13)19-9-18(22)24-20(25-19)26-21(30)23-10-15-3-4-16-17(8-15)29-6-5-28-16/h3-4,8-9,13-14H,5-7,10-12H2,1-2H3,(H2,23,24,25,26,30)/t13-,14-/m1/s1. The Balaban J connectivity index is 1.38. The van der Waals surface area contributed by atoms with Gasteiger partial charge in [-0.25, -0.2) is 4.98 Å². The molecule has 1 aromatic heterocycles. The van der Waals surface area contributed by atoms with Crippen LogP contribution >= 0.6 is 23.8 Å². The van der Waals surface area contributed by atoms with E-state index in [1.54, 1.807) is 0 Å². The average Bonchev–Trinajstić information content (AvgIpc) is 2.71. The van der Waals surface area contributed by atoms with Crippen molar-refractivity contribution in [2.24, 2.45) is 11.8 Å². The summed E-state index contributed by atoms with van der Waals surface area (Å²) < 4.78 is 11.2. The predicted octanol–water partition coefficient (Wildman–Crippen LogP) is 3.87. The molecule has 4 rings (SSSR count). The molecular weight excluding hydrogens is 422 g/mol. The number of nitrogens with one attached hydrogen (secondary N) is 2. The van der Waals surface area contributed by atoms with Crippen LogP contribution in [-0.2, 0) is 6.54 Å². The molecule has 0 saturated carbocycles. The lowest BCUT2D eigenvalue weighted by Gasteiger charge is -2.35. The van der Waals surface area contributed by atoms with Crippen LogP contribution in [-0.4, -0.2) is 41.4 Å². The average molecular weight is 448 g/mol. The van der Waals surface area contributed by atoms with Gasteiger partial charge in [-0.3, -0.25) is 0 Å². The summed E-state index contributed by atoms with van der Waals surface area (Å²) in [5, 5.41) is 7.04. The fraction of sp³-hybridized carbons (Fsp3) is 0.476. The highest BCUT2D eigenvalue weighted by Crippen LogP contribution is 2.31. The molecule has 3 heterocycles. The highest BCUT2D eigenvalue weighted by atomic mass is 35.5. The quantitative estimate of drug-likeness (QED) is 0.540. The third kappa shape index (κ3) is 5.23. The minimum absolute atomic E-state index is 0.392. The molecule has 1 saturated heterocycles. The third-order valence-corrected chi connectivity index (χ3v) is 5.60. The number of hydrogen-bond donors (Lipinski definition) is 2. The van der Waals surface area contributed by atoms with E-state index in [2.05, 4.69) is 39.3 Å². The molecule has 0 aliphatic carbocycles. The zero-order chi connectivity index (χ0) is 21.1. The van der Waals surface area contributed by atoms with Gasteiger partial charge in [0.2, 0.25) is 5.95 Å². The van der Waals surface area contributed by atoms with Gasteiger partial charge in [0.05, 0.1) is 0 Å². The van der Waals surface area contributed by atoms with E-state index < -0.39 is 0 Å². The Bertz CT molecular complexity index is 918. The van der Waals surface area contributed by atoms with Crippen LogP contribution in [0.2, 0.25) is 5.15 Å². The normalized spacial score (nSPS) is 20.6. The Hall–Kier alpha value is -2.32. The van der Waals surface area contributed by atoms with Crippen LogP contribution in [0.5, 0.6) is 11.5 Å².